The van der Waals surface area contributed by atoms with Crippen LogP contribution in [-0.4, -0.2) is 18.0 Å². The predicted molar refractivity (Wildman–Crippen MR) is 96.7 cm³/mol. The van der Waals surface area contributed by atoms with Gasteiger partial charge in [0.1, 0.15) is 0 Å². The van der Waals surface area contributed by atoms with E-state index in [4.69, 9.17) is 0 Å². The molecule has 0 saturated carbocycles. The molecule has 0 atom stereocenters. The van der Waals surface area contributed by atoms with Crippen molar-refractivity contribution in [2.75, 3.05) is 12.9 Å². The fourth-order valence-electron chi connectivity index (χ4n) is 3.07. The van der Waals surface area contributed by atoms with Crippen molar-refractivity contribution in [3.63, 3.8) is 0 Å². The van der Waals surface area contributed by atoms with Gasteiger partial charge in [0.2, 0.25) is 0 Å². The first-order valence-electron chi connectivity index (χ1n) is 7.71. The summed E-state index contributed by atoms with van der Waals surface area (Å²) in [5, 5.41) is 9.30. The zero-order valence-electron chi connectivity index (χ0n) is 13.6. The maximum Gasteiger partial charge on any atom is 0.159 e. The van der Waals surface area contributed by atoms with Crippen LogP contribution < -0.4 is 0 Å². The maximum absolute atomic E-state index is 13.8. The van der Waals surface area contributed by atoms with Crippen molar-refractivity contribution >= 4 is 29.0 Å². The molecule has 1 nitrogen and oxygen atoms in total. The summed E-state index contributed by atoms with van der Waals surface area (Å²) in [5.41, 5.74) is 5.07. The maximum atomic E-state index is 13.8. The number of benzene rings is 2. The SMILES string of the molecule is CSc1ccc(C=C2C(C)=C(CCO)c3cc(F)c(F)cc32)cc1. The van der Waals surface area contributed by atoms with Gasteiger partial charge in [0, 0.05) is 11.5 Å². The molecule has 3 rings (SSSR count). The van der Waals surface area contributed by atoms with Crippen molar-refractivity contribution in [3.05, 3.63) is 70.3 Å². The molecule has 0 saturated heterocycles. The Morgan fingerprint density at radius 2 is 1.67 bits per heavy atom. The van der Waals surface area contributed by atoms with E-state index in [1.807, 2.05) is 43.5 Å². The Hall–Kier alpha value is -1.91. The van der Waals surface area contributed by atoms with Crippen molar-refractivity contribution in [1.82, 2.24) is 0 Å². The van der Waals surface area contributed by atoms with Crippen LogP contribution in [0, 0.1) is 11.6 Å². The Morgan fingerprint density at radius 3 is 2.25 bits per heavy atom. The minimum absolute atomic E-state index is 0.0270. The molecule has 0 spiro atoms. The van der Waals surface area contributed by atoms with Gasteiger partial charge in [0.05, 0.1) is 0 Å². The molecule has 2 aromatic rings. The van der Waals surface area contributed by atoms with Crippen LogP contribution >= 0.6 is 11.8 Å². The number of halogens is 2. The summed E-state index contributed by atoms with van der Waals surface area (Å²) in [6.45, 7) is 1.91. The van der Waals surface area contributed by atoms with Gasteiger partial charge in [-0.3, -0.25) is 0 Å². The minimum Gasteiger partial charge on any atom is -0.396 e. The van der Waals surface area contributed by atoms with Gasteiger partial charge >= 0.3 is 0 Å². The predicted octanol–water partition coefficient (Wildman–Crippen LogP) is 5.40. The first-order chi connectivity index (χ1) is 11.5. The monoisotopic (exact) mass is 344 g/mol. The van der Waals surface area contributed by atoms with Gasteiger partial charge in [0.15, 0.2) is 11.6 Å². The van der Waals surface area contributed by atoms with Gasteiger partial charge in [-0.1, -0.05) is 12.1 Å². The van der Waals surface area contributed by atoms with Crippen LogP contribution in [0.3, 0.4) is 0 Å². The second kappa shape index (κ2) is 6.91. The number of allylic oxidation sites excluding steroid dienone is 2. The van der Waals surface area contributed by atoms with E-state index in [9.17, 15) is 13.9 Å². The van der Waals surface area contributed by atoms with Crippen molar-refractivity contribution in [2.45, 2.75) is 18.2 Å². The molecule has 0 unspecified atom stereocenters. The average Bonchev–Trinajstić information content (AvgIpc) is 2.82. The molecule has 0 radical (unpaired) electrons. The summed E-state index contributed by atoms with van der Waals surface area (Å²) in [7, 11) is 0. The molecule has 0 bridgehead atoms. The lowest BCUT2D eigenvalue weighted by molar-refractivity contribution is 0.305. The number of hydrogen-bond acceptors (Lipinski definition) is 2. The normalized spacial score (nSPS) is 15.3. The number of aliphatic hydroxyl groups excluding tert-OH is 1. The summed E-state index contributed by atoms with van der Waals surface area (Å²) in [6, 6.07) is 10.6. The quantitative estimate of drug-likeness (QED) is 0.750. The van der Waals surface area contributed by atoms with Gasteiger partial charge in [-0.2, -0.15) is 0 Å². The van der Waals surface area contributed by atoms with Crippen molar-refractivity contribution in [2.24, 2.45) is 0 Å². The van der Waals surface area contributed by atoms with Crippen LogP contribution in [0.5, 0.6) is 0 Å². The van der Waals surface area contributed by atoms with Crippen LogP contribution in [-0.2, 0) is 0 Å². The standard InChI is InChI=1S/C20H18F2OS/c1-12-15(7-8-23)17-10-19(21)20(22)11-18(17)16(12)9-13-3-5-14(24-2)6-4-13/h3-6,9-11,23H,7-8H2,1-2H3. The molecular formula is C20H18F2OS. The molecule has 1 aliphatic carbocycles. The lowest BCUT2D eigenvalue weighted by atomic mass is 10.0. The number of thioether (sulfide) groups is 1. The molecule has 0 amide bonds. The van der Waals surface area contributed by atoms with Crippen molar-refractivity contribution < 1.29 is 13.9 Å². The van der Waals surface area contributed by atoms with Crippen molar-refractivity contribution in [3.8, 4) is 0 Å². The smallest absolute Gasteiger partial charge is 0.159 e. The topological polar surface area (TPSA) is 20.2 Å². The fourth-order valence-corrected chi connectivity index (χ4v) is 3.48. The molecular weight excluding hydrogens is 326 g/mol. The van der Waals surface area contributed by atoms with E-state index in [1.54, 1.807) is 11.8 Å². The Balaban J connectivity index is 2.13. The van der Waals surface area contributed by atoms with Gasteiger partial charge in [-0.25, -0.2) is 8.78 Å². The highest BCUT2D eigenvalue weighted by atomic mass is 32.2. The van der Waals surface area contributed by atoms with E-state index in [-0.39, 0.29) is 6.61 Å². The number of aliphatic hydroxyl groups is 1. The highest BCUT2D eigenvalue weighted by Crippen LogP contribution is 2.44. The molecule has 24 heavy (non-hydrogen) atoms. The largest absolute Gasteiger partial charge is 0.396 e. The number of rotatable bonds is 4. The second-order valence-corrected chi connectivity index (χ2v) is 6.60. The molecule has 0 aromatic heterocycles. The van der Waals surface area contributed by atoms with E-state index < -0.39 is 11.6 Å². The highest BCUT2D eigenvalue weighted by molar-refractivity contribution is 7.98. The van der Waals surface area contributed by atoms with E-state index in [0.717, 1.165) is 22.3 Å². The van der Waals surface area contributed by atoms with E-state index in [1.165, 1.54) is 17.0 Å². The van der Waals surface area contributed by atoms with Crippen molar-refractivity contribution in [1.29, 1.82) is 0 Å². The number of hydrogen-bond donors (Lipinski definition) is 1. The summed E-state index contributed by atoms with van der Waals surface area (Å²) >= 11 is 1.67. The zero-order valence-corrected chi connectivity index (χ0v) is 14.4. The summed E-state index contributed by atoms with van der Waals surface area (Å²) in [4.78, 5) is 1.17. The summed E-state index contributed by atoms with van der Waals surface area (Å²) in [6.07, 6.45) is 4.43. The minimum atomic E-state index is -0.859. The average molecular weight is 344 g/mol. The molecule has 0 aliphatic heterocycles. The Labute approximate surface area is 144 Å². The third kappa shape index (κ3) is 3.04. The number of fused-ring (bicyclic) bond motifs is 1. The first-order valence-corrected chi connectivity index (χ1v) is 8.94. The van der Waals surface area contributed by atoms with E-state index in [2.05, 4.69) is 0 Å². The summed E-state index contributed by atoms with van der Waals surface area (Å²) < 4.78 is 27.4. The van der Waals surface area contributed by atoms with E-state index in [0.29, 0.717) is 17.5 Å². The second-order valence-electron chi connectivity index (χ2n) is 5.72. The molecule has 4 heteroatoms. The third-order valence-electron chi connectivity index (χ3n) is 4.32. The van der Waals surface area contributed by atoms with Gasteiger partial charge in [-0.15, -0.1) is 11.8 Å². The molecule has 0 heterocycles. The van der Waals surface area contributed by atoms with Crippen LogP contribution in [0.15, 0.2) is 46.9 Å². The third-order valence-corrected chi connectivity index (χ3v) is 5.06. The Bertz CT molecular complexity index is 835. The lowest BCUT2D eigenvalue weighted by Gasteiger charge is -2.06. The van der Waals surface area contributed by atoms with Crippen LogP contribution in [0.25, 0.3) is 17.2 Å². The fraction of sp³-hybridized carbons (Fsp3) is 0.200. The van der Waals surface area contributed by atoms with E-state index >= 15 is 0 Å². The van der Waals surface area contributed by atoms with Crippen LogP contribution in [0.4, 0.5) is 8.78 Å². The van der Waals surface area contributed by atoms with Crippen LogP contribution in [0.1, 0.15) is 30.0 Å². The summed E-state index contributed by atoms with van der Waals surface area (Å²) in [5.74, 6) is -1.71. The molecule has 1 N–H and O–H groups in total. The van der Waals surface area contributed by atoms with Gasteiger partial charge in [0.25, 0.3) is 0 Å². The highest BCUT2D eigenvalue weighted by Gasteiger charge is 2.25. The van der Waals surface area contributed by atoms with Gasteiger partial charge in [-0.05, 0) is 83.4 Å². The lowest BCUT2D eigenvalue weighted by Crippen LogP contribution is -1.93. The first kappa shape index (κ1) is 16.9. The molecule has 0 fully saturated rings. The Morgan fingerprint density at radius 1 is 1.04 bits per heavy atom. The Kier molecular flexibility index (Phi) is 4.88. The molecule has 1 aliphatic rings. The van der Waals surface area contributed by atoms with Crippen LogP contribution in [0.2, 0.25) is 0 Å². The molecule has 124 valence electrons. The zero-order chi connectivity index (χ0) is 17.3. The molecule has 2 aromatic carbocycles. The van der Waals surface area contributed by atoms with Gasteiger partial charge < -0.3 is 5.11 Å².